The lowest BCUT2D eigenvalue weighted by Gasteiger charge is -2.14. The molecule has 2 aromatic rings. The van der Waals surface area contributed by atoms with Crippen molar-refractivity contribution in [1.29, 1.82) is 0 Å². The molecular weight excluding hydrogens is 312 g/mol. The van der Waals surface area contributed by atoms with E-state index in [2.05, 4.69) is 15.3 Å². The first kappa shape index (κ1) is 16.6. The Bertz CT molecular complexity index is 732. The van der Waals surface area contributed by atoms with Gasteiger partial charge in [0.2, 0.25) is 15.9 Å². The molecule has 0 bridgehead atoms. The Balaban J connectivity index is 2.21. The second-order valence-electron chi connectivity index (χ2n) is 4.84. The minimum atomic E-state index is -3.75. The highest BCUT2D eigenvalue weighted by molar-refractivity contribution is 7.89. The first-order valence-corrected chi connectivity index (χ1v) is 7.95. The molecule has 0 aromatic carbocycles. The zero-order chi connectivity index (χ0) is 16.5. The van der Waals surface area contributed by atoms with Crippen molar-refractivity contribution in [3.05, 3.63) is 23.2 Å². The molecule has 0 saturated heterocycles. The average Bonchev–Trinajstić information content (AvgIpc) is 3.05. The molecule has 1 atom stereocenters. The summed E-state index contributed by atoms with van der Waals surface area (Å²) in [5, 5.41) is 7.42. The van der Waals surface area contributed by atoms with Crippen molar-refractivity contribution >= 4 is 10.0 Å². The third kappa shape index (κ3) is 3.03. The van der Waals surface area contributed by atoms with Crippen LogP contribution in [-0.2, 0) is 21.3 Å². The van der Waals surface area contributed by atoms with Crippen LogP contribution in [0.5, 0.6) is 0 Å². The van der Waals surface area contributed by atoms with E-state index >= 15 is 0 Å². The van der Waals surface area contributed by atoms with Gasteiger partial charge in [-0.15, -0.1) is 0 Å². The zero-order valence-electron chi connectivity index (χ0n) is 13.0. The van der Waals surface area contributed by atoms with E-state index in [-0.39, 0.29) is 29.2 Å². The van der Waals surface area contributed by atoms with Gasteiger partial charge in [0, 0.05) is 14.2 Å². The molecule has 22 heavy (non-hydrogen) atoms. The lowest BCUT2D eigenvalue weighted by atomic mass is 10.4. The van der Waals surface area contributed by atoms with E-state index in [1.165, 1.54) is 14.2 Å². The lowest BCUT2D eigenvalue weighted by molar-refractivity contribution is 0.109. The average molecular weight is 330 g/mol. The van der Waals surface area contributed by atoms with Crippen LogP contribution in [0.15, 0.2) is 13.9 Å². The topological polar surface area (TPSA) is 112 Å². The Kier molecular flexibility index (Phi) is 4.63. The van der Waals surface area contributed by atoms with Crippen LogP contribution in [0.25, 0.3) is 0 Å². The van der Waals surface area contributed by atoms with Crippen molar-refractivity contribution in [3.8, 4) is 0 Å². The van der Waals surface area contributed by atoms with Crippen molar-refractivity contribution < 1.29 is 22.2 Å². The van der Waals surface area contributed by atoms with Crippen LogP contribution < -0.4 is 0 Å². The fourth-order valence-corrected chi connectivity index (χ4v) is 3.28. The highest BCUT2D eigenvalue weighted by atomic mass is 32.2. The minimum Gasteiger partial charge on any atom is -0.374 e. The number of ether oxygens (including phenoxy) is 1. The van der Waals surface area contributed by atoms with Gasteiger partial charge in [-0.3, -0.25) is 0 Å². The number of rotatable bonds is 6. The predicted octanol–water partition coefficient (Wildman–Crippen LogP) is 1.20. The second kappa shape index (κ2) is 6.15. The highest BCUT2D eigenvalue weighted by Gasteiger charge is 2.30. The summed E-state index contributed by atoms with van der Waals surface area (Å²) < 4.78 is 41.2. The van der Waals surface area contributed by atoms with Crippen LogP contribution in [0, 0.1) is 13.8 Å². The Hall–Kier alpha value is -1.78. The maximum absolute atomic E-state index is 12.5. The van der Waals surface area contributed by atoms with E-state index in [0.29, 0.717) is 11.5 Å². The smallest absolute Gasteiger partial charge is 0.248 e. The maximum Gasteiger partial charge on any atom is 0.248 e. The van der Waals surface area contributed by atoms with Gasteiger partial charge in [-0.05, 0) is 20.8 Å². The van der Waals surface area contributed by atoms with Gasteiger partial charge in [0.15, 0.2) is 11.6 Å². The SMILES string of the molecule is COC(C)c1noc(CN(C)S(=O)(=O)c2c(C)noc2C)n1. The largest absolute Gasteiger partial charge is 0.374 e. The third-order valence-electron chi connectivity index (χ3n) is 3.20. The van der Waals surface area contributed by atoms with Gasteiger partial charge in [-0.2, -0.15) is 9.29 Å². The maximum atomic E-state index is 12.5. The summed E-state index contributed by atoms with van der Waals surface area (Å²) in [6, 6.07) is 0. The fourth-order valence-electron chi connectivity index (χ4n) is 1.88. The summed E-state index contributed by atoms with van der Waals surface area (Å²) in [5.74, 6) is 0.779. The molecule has 0 aliphatic rings. The van der Waals surface area contributed by atoms with Gasteiger partial charge in [0.05, 0.1) is 6.54 Å². The molecule has 2 rings (SSSR count). The van der Waals surface area contributed by atoms with Crippen molar-refractivity contribution in [2.45, 2.75) is 38.3 Å². The quantitative estimate of drug-likeness (QED) is 0.776. The lowest BCUT2D eigenvalue weighted by Crippen LogP contribution is -2.27. The monoisotopic (exact) mass is 330 g/mol. The molecule has 122 valence electrons. The number of nitrogens with zero attached hydrogens (tertiary/aromatic N) is 4. The summed E-state index contributed by atoms with van der Waals surface area (Å²) >= 11 is 0. The van der Waals surface area contributed by atoms with Gasteiger partial charge in [-0.1, -0.05) is 10.3 Å². The summed E-state index contributed by atoms with van der Waals surface area (Å²) in [6.07, 6.45) is -0.332. The molecule has 9 nitrogen and oxygen atoms in total. The Morgan fingerprint density at radius 1 is 1.27 bits per heavy atom. The molecule has 0 spiro atoms. The first-order chi connectivity index (χ1) is 10.3. The van der Waals surface area contributed by atoms with Gasteiger partial charge in [-0.25, -0.2) is 8.42 Å². The minimum absolute atomic E-state index is 0.0556. The van der Waals surface area contributed by atoms with E-state index in [1.54, 1.807) is 20.8 Å². The molecule has 0 aliphatic carbocycles. The number of methoxy groups -OCH3 is 1. The van der Waals surface area contributed by atoms with E-state index in [9.17, 15) is 8.42 Å². The van der Waals surface area contributed by atoms with Gasteiger partial charge < -0.3 is 13.8 Å². The Morgan fingerprint density at radius 2 is 1.95 bits per heavy atom. The van der Waals surface area contributed by atoms with E-state index in [4.69, 9.17) is 13.8 Å². The van der Waals surface area contributed by atoms with Crippen molar-refractivity contribution in [3.63, 3.8) is 0 Å². The van der Waals surface area contributed by atoms with E-state index < -0.39 is 10.0 Å². The molecule has 0 saturated carbocycles. The fraction of sp³-hybridized carbons (Fsp3) is 0.583. The summed E-state index contributed by atoms with van der Waals surface area (Å²) in [4.78, 5) is 4.17. The molecule has 0 amide bonds. The van der Waals surface area contributed by atoms with E-state index in [1.807, 2.05) is 0 Å². The highest BCUT2D eigenvalue weighted by Crippen LogP contribution is 2.23. The molecular formula is C12H18N4O5S. The van der Waals surface area contributed by atoms with Gasteiger partial charge in [0.25, 0.3) is 0 Å². The molecule has 2 heterocycles. The standard InChI is InChI=1S/C12H18N4O5S/c1-7-11(8(2)20-14-7)22(17,18)16(4)6-10-13-12(15-21-10)9(3)19-5/h9H,6H2,1-5H3. The van der Waals surface area contributed by atoms with Gasteiger partial charge in [0.1, 0.15) is 16.7 Å². The molecule has 0 N–H and O–H groups in total. The molecule has 0 fully saturated rings. The van der Waals surface area contributed by atoms with Crippen LogP contribution in [0.1, 0.15) is 36.2 Å². The number of aromatic nitrogens is 3. The van der Waals surface area contributed by atoms with Crippen molar-refractivity contribution in [1.82, 2.24) is 19.6 Å². The number of sulfonamides is 1. The van der Waals surface area contributed by atoms with Crippen LogP contribution >= 0.6 is 0 Å². The summed E-state index contributed by atoms with van der Waals surface area (Å²) in [7, 11) is -0.810. The molecule has 0 radical (unpaired) electrons. The summed E-state index contributed by atoms with van der Waals surface area (Å²) in [6.45, 7) is 4.82. The molecule has 10 heteroatoms. The second-order valence-corrected chi connectivity index (χ2v) is 6.82. The molecule has 2 aromatic heterocycles. The summed E-state index contributed by atoms with van der Waals surface area (Å²) in [5.41, 5.74) is 0.309. The van der Waals surface area contributed by atoms with Crippen LogP contribution in [0.4, 0.5) is 0 Å². The van der Waals surface area contributed by atoms with Crippen molar-refractivity contribution in [2.75, 3.05) is 14.2 Å². The number of hydrogen-bond acceptors (Lipinski definition) is 8. The van der Waals surface area contributed by atoms with Gasteiger partial charge >= 0.3 is 0 Å². The molecule has 0 aliphatic heterocycles. The first-order valence-electron chi connectivity index (χ1n) is 6.51. The normalized spacial score (nSPS) is 13.7. The third-order valence-corrected chi connectivity index (χ3v) is 5.24. The Labute approximate surface area is 128 Å². The van der Waals surface area contributed by atoms with Crippen molar-refractivity contribution in [2.24, 2.45) is 0 Å². The zero-order valence-corrected chi connectivity index (χ0v) is 13.8. The number of hydrogen-bond donors (Lipinski definition) is 0. The van der Waals surface area contributed by atoms with E-state index in [0.717, 1.165) is 4.31 Å². The number of aryl methyl sites for hydroxylation is 2. The Morgan fingerprint density at radius 3 is 2.50 bits per heavy atom. The van der Waals surface area contributed by atoms with Crippen LogP contribution in [0.2, 0.25) is 0 Å². The predicted molar refractivity (Wildman–Crippen MR) is 74.4 cm³/mol. The van der Waals surface area contributed by atoms with Crippen LogP contribution in [0.3, 0.4) is 0 Å². The van der Waals surface area contributed by atoms with Crippen LogP contribution in [-0.4, -0.2) is 42.2 Å². The molecule has 1 unspecified atom stereocenters.